The highest BCUT2D eigenvalue weighted by molar-refractivity contribution is 5.74. The van der Waals surface area contributed by atoms with Crippen LogP contribution in [0.3, 0.4) is 0 Å². The lowest BCUT2D eigenvalue weighted by molar-refractivity contribution is 0.101. The summed E-state index contributed by atoms with van der Waals surface area (Å²) in [7, 11) is 0. The fourth-order valence-electron chi connectivity index (χ4n) is 0.785. The van der Waals surface area contributed by atoms with Crippen LogP contribution in [0, 0.1) is 0 Å². The van der Waals surface area contributed by atoms with Gasteiger partial charge >= 0.3 is 6.03 Å². The zero-order valence-corrected chi connectivity index (χ0v) is 7.31. The van der Waals surface area contributed by atoms with Crippen LogP contribution in [-0.2, 0) is 0 Å². The number of amides is 2. The Bertz CT molecular complexity index is 141. The fourth-order valence-corrected chi connectivity index (χ4v) is 0.785. The molecule has 2 amide bonds. The van der Waals surface area contributed by atoms with Crippen molar-refractivity contribution in [2.24, 2.45) is 0 Å². The van der Waals surface area contributed by atoms with Crippen molar-refractivity contribution in [1.29, 1.82) is 0 Å². The van der Waals surface area contributed by atoms with E-state index in [9.17, 15) is 13.6 Å². The van der Waals surface area contributed by atoms with Crippen molar-refractivity contribution in [2.75, 3.05) is 19.6 Å². The molecule has 12 heavy (non-hydrogen) atoms. The van der Waals surface area contributed by atoms with Crippen LogP contribution in [0.1, 0.15) is 13.8 Å². The lowest BCUT2D eigenvalue weighted by Gasteiger charge is -2.20. The highest BCUT2D eigenvalue weighted by Crippen LogP contribution is 1.97. The Morgan fingerprint density at radius 1 is 1.50 bits per heavy atom. The van der Waals surface area contributed by atoms with Gasteiger partial charge in [0.05, 0.1) is 6.54 Å². The molecule has 0 rings (SSSR count). The van der Waals surface area contributed by atoms with Gasteiger partial charge in [-0.05, 0) is 13.8 Å². The standard InChI is InChI=1S/C7H14F2N2O/c1-3-10-7(12)11(4-2)5-6(8)9/h6H,3-5H2,1-2H3,(H,10,12). The summed E-state index contributed by atoms with van der Waals surface area (Å²) in [5, 5.41) is 2.46. The van der Waals surface area contributed by atoms with Crippen LogP contribution in [-0.4, -0.2) is 37.0 Å². The second-order valence-electron chi connectivity index (χ2n) is 2.27. The number of urea groups is 1. The molecule has 5 heteroatoms. The van der Waals surface area contributed by atoms with Gasteiger partial charge in [0.1, 0.15) is 0 Å². The van der Waals surface area contributed by atoms with E-state index in [1.165, 1.54) is 0 Å². The third-order valence-electron chi connectivity index (χ3n) is 1.36. The summed E-state index contributed by atoms with van der Waals surface area (Å²) in [5.74, 6) is 0. The molecule has 72 valence electrons. The zero-order chi connectivity index (χ0) is 9.56. The third-order valence-corrected chi connectivity index (χ3v) is 1.36. The second kappa shape index (κ2) is 5.74. The first-order chi connectivity index (χ1) is 5.61. The van der Waals surface area contributed by atoms with E-state index in [0.29, 0.717) is 13.1 Å². The van der Waals surface area contributed by atoms with E-state index in [4.69, 9.17) is 0 Å². The van der Waals surface area contributed by atoms with Crippen molar-refractivity contribution in [3.8, 4) is 0 Å². The molecule has 0 bridgehead atoms. The van der Waals surface area contributed by atoms with Gasteiger partial charge in [-0.15, -0.1) is 0 Å². The third kappa shape index (κ3) is 4.10. The summed E-state index contributed by atoms with van der Waals surface area (Å²) in [6, 6.07) is -0.430. The van der Waals surface area contributed by atoms with Crippen molar-refractivity contribution < 1.29 is 13.6 Å². The predicted octanol–water partition coefficient (Wildman–Crippen LogP) is 1.30. The molecular formula is C7H14F2N2O. The Morgan fingerprint density at radius 2 is 2.08 bits per heavy atom. The molecule has 0 saturated carbocycles. The van der Waals surface area contributed by atoms with Gasteiger partial charge in [0.15, 0.2) is 0 Å². The van der Waals surface area contributed by atoms with Gasteiger partial charge in [0.25, 0.3) is 6.43 Å². The molecule has 0 saturated heterocycles. The van der Waals surface area contributed by atoms with Crippen LogP contribution in [0.4, 0.5) is 13.6 Å². The molecule has 0 heterocycles. The molecule has 3 nitrogen and oxygen atoms in total. The molecule has 0 aromatic rings. The number of hydrogen-bond donors (Lipinski definition) is 1. The zero-order valence-electron chi connectivity index (χ0n) is 7.31. The van der Waals surface area contributed by atoms with Crippen molar-refractivity contribution in [3.63, 3.8) is 0 Å². The summed E-state index contributed by atoms with van der Waals surface area (Å²) in [5.41, 5.74) is 0. The van der Waals surface area contributed by atoms with E-state index in [2.05, 4.69) is 5.32 Å². The van der Waals surface area contributed by atoms with Crippen molar-refractivity contribution in [2.45, 2.75) is 20.3 Å². The minimum Gasteiger partial charge on any atom is -0.338 e. The number of nitrogens with zero attached hydrogens (tertiary/aromatic N) is 1. The molecule has 0 aliphatic rings. The van der Waals surface area contributed by atoms with Crippen LogP contribution in [0.15, 0.2) is 0 Å². The largest absolute Gasteiger partial charge is 0.338 e. The van der Waals surface area contributed by atoms with Crippen LogP contribution in [0.2, 0.25) is 0 Å². The lowest BCUT2D eigenvalue weighted by atomic mass is 10.5. The number of alkyl halides is 2. The Hall–Kier alpha value is -0.870. The predicted molar refractivity (Wildman–Crippen MR) is 42.3 cm³/mol. The average Bonchev–Trinajstić information content (AvgIpc) is 2.00. The smallest absolute Gasteiger partial charge is 0.317 e. The first-order valence-electron chi connectivity index (χ1n) is 3.92. The maximum atomic E-state index is 11.9. The first-order valence-corrected chi connectivity index (χ1v) is 3.92. The molecule has 0 atom stereocenters. The molecule has 1 N–H and O–H groups in total. The van der Waals surface area contributed by atoms with E-state index in [1.54, 1.807) is 13.8 Å². The topological polar surface area (TPSA) is 32.3 Å². The van der Waals surface area contributed by atoms with E-state index < -0.39 is 19.0 Å². The molecule has 0 aromatic heterocycles. The van der Waals surface area contributed by atoms with Gasteiger partial charge in [-0.2, -0.15) is 0 Å². The Morgan fingerprint density at radius 3 is 2.42 bits per heavy atom. The molecule has 0 unspecified atom stereocenters. The number of carbonyl (C=O) groups is 1. The summed E-state index contributed by atoms with van der Waals surface area (Å²) in [4.78, 5) is 12.1. The van der Waals surface area contributed by atoms with E-state index in [0.717, 1.165) is 4.90 Å². The molecule has 0 aliphatic heterocycles. The van der Waals surface area contributed by atoms with Crippen molar-refractivity contribution >= 4 is 6.03 Å². The van der Waals surface area contributed by atoms with Gasteiger partial charge < -0.3 is 10.2 Å². The summed E-state index contributed by atoms with van der Waals surface area (Å²) in [6.45, 7) is 3.67. The summed E-state index contributed by atoms with van der Waals surface area (Å²) < 4.78 is 23.7. The highest BCUT2D eigenvalue weighted by atomic mass is 19.3. The van der Waals surface area contributed by atoms with Crippen LogP contribution >= 0.6 is 0 Å². The lowest BCUT2D eigenvalue weighted by Crippen LogP contribution is -2.42. The van der Waals surface area contributed by atoms with E-state index in [1.807, 2.05) is 0 Å². The number of rotatable bonds is 4. The molecule has 0 aromatic carbocycles. The molecule has 0 aliphatic carbocycles. The van der Waals surface area contributed by atoms with Crippen LogP contribution in [0.25, 0.3) is 0 Å². The average molecular weight is 180 g/mol. The molecular weight excluding hydrogens is 166 g/mol. The highest BCUT2D eigenvalue weighted by Gasteiger charge is 2.14. The van der Waals surface area contributed by atoms with Crippen LogP contribution in [0.5, 0.6) is 0 Å². The van der Waals surface area contributed by atoms with Crippen LogP contribution < -0.4 is 5.32 Å². The normalized spacial score (nSPS) is 10.1. The summed E-state index contributed by atoms with van der Waals surface area (Å²) >= 11 is 0. The number of nitrogens with one attached hydrogen (secondary N) is 1. The van der Waals surface area contributed by atoms with Crippen molar-refractivity contribution in [1.82, 2.24) is 10.2 Å². The minimum absolute atomic E-state index is 0.302. The first kappa shape index (κ1) is 11.1. The molecule has 0 radical (unpaired) electrons. The second-order valence-corrected chi connectivity index (χ2v) is 2.27. The van der Waals surface area contributed by atoms with E-state index >= 15 is 0 Å². The van der Waals surface area contributed by atoms with Crippen molar-refractivity contribution in [3.05, 3.63) is 0 Å². The monoisotopic (exact) mass is 180 g/mol. The van der Waals surface area contributed by atoms with Gasteiger partial charge in [0, 0.05) is 13.1 Å². The van der Waals surface area contributed by atoms with E-state index in [-0.39, 0.29) is 0 Å². The molecule has 0 spiro atoms. The Balaban J connectivity index is 3.87. The maximum absolute atomic E-state index is 11.9. The summed E-state index contributed by atoms with van der Waals surface area (Å²) in [6.07, 6.45) is -2.47. The van der Waals surface area contributed by atoms with Gasteiger partial charge in [0.2, 0.25) is 0 Å². The minimum atomic E-state index is -2.47. The van der Waals surface area contributed by atoms with Gasteiger partial charge in [-0.3, -0.25) is 0 Å². The quantitative estimate of drug-likeness (QED) is 0.695. The SMILES string of the molecule is CCNC(=O)N(CC)CC(F)F. The Labute approximate surface area is 70.7 Å². The number of hydrogen-bond acceptors (Lipinski definition) is 1. The van der Waals surface area contributed by atoms with Gasteiger partial charge in [-0.1, -0.05) is 0 Å². The van der Waals surface area contributed by atoms with Gasteiger partial charge in [-0.25, -0.2) is 13.6 Å². The number of halogens is 2. The molecule has 0 fully saturated rings. The fraction of sp³-hybridized carbons (Fsp3) is 0.857. The Kier molecular flexibility index (Phi) is 5.32. The maximum Gasteiger partial charge on any atom is 0.317 e. The number of carbonyl (C=O) groups excluding carboxylic acids is 1.